The van der Waals surface area contributed by atoms with Crippen LogP contribution in [0.4, 0.5) is 0 Å². The van der Waals surface area contributed by atoms with Crippen molar-refractivity contribution in [1.29, 1.82) is 0 Å². The van der Waals surface area contributed by atoms with Crippen LogP contribution in [0.2, 0.25) is 0 Å². The van der Waals surface area contributed by atoms with Crippen LogP contribution in [0.5, 0.6) is 0 Å². The Hall–Kier alpha value is -1.93. The topological polar surface area (TPSA) is 92.5 Å². The van der Waals surface area contributed by atoms with Gasteiger partial charge in [0, 0.05) is 20.6 Å². The number of fused-ring (bicyclic) bond motifs is 1. The molecular weight excluding hydrogens is 282 g/mol. The fourth-order valence-electron chi connectivity index (χ4n) is 1.81. The molecule has 1 heterocycles. The molecular formula is C12H15N3O4S. The summed E-state index contributed by atoms with van der Waals surface area (Å²) in [5.41, 5.74) is 1.24. The smallest absolute Gasteiger partial charge is 0.305 e. The quantitative estimate of drug-likeness (QED) is 0.879. The number of nitrogens with zero attached hydrogens (tertiary/aromatic N) is 3. The average Bonchev–Trinajstić information content (AvgIpc) is 2.78. The Morgan fingerprint density at radius 1 is 1.40 bits per heavy atom. The van der Waals surface area contributed by atoms with Gasteiger partial charge in [0.15, 0.2) is 0 Å². The molecule has 0 bridgehead atoms. The van der Waals surface area contributed by atoms with E-state index in [1.165, 1.54) is 32.6 Å². The van der Waals surface area contributed by atoms with Crippen LogP contribution < -0.4 is 0 Å². The summed E-state index contributed by atoms with van der Waals surface area (Å²) in [7, 11) is -0.568. The largest absolute Gasteiger partial charge is 0.481 e. The molecule has 7 nitrogen and oxygen atoms in total. The van der Waals surface area contributed by atoms with Crippen molar-refractivity contribution in [3.63, 3.8) is 0 Å². The molecule has 1 aromatic carbocycles. The van der Waals surface area contributed by atoms with Gasteiger partial charge in [-0.15, -0.1) is 0 Å². The van der Waals surface area contributed by atoms with Gasteiger partial charge in [-0.1, -0.05) is 0 Å². The normalized spacial score (nSPS) is 12.2. The molecule has 8 heteroatoms. The second-order valence-corrected chi connectivity index (χ2v) is 6.67. The van der Waals surface area contributed by atoms with Gasteiger partial charge in [-0.3, -0.25) is 4.79 Å². The van der Waals surface area contributed by atoms with Crippen molar-refractivity contribution in [1.82, 2.24) is 13.9 Å². The molecule has 0 saturated carbocycles. The van der Waals surface area contributed by atoms with Gasteiger partial charge in [-0.2, -0.15) is 0 Å². The standard InChI is InChI=1S/C12H15N3O4S/c1-14(2)20(18,19)9-3-4-11-10(7-9)13-8-15(11)6-5-12(16)17/h3-4,7-8H,5-6H2,1-2H3,(H,16,17). The highest BCUT2D eigenvalue weighted by atomic mass is 32.2. The Kier molecular flexibility index (Phi) is 3.78. The Morgan fingerprint density at radius 2 is 2.10 bits per heavy atom. The van der Waals surface area contributed by atoms with Crippen LogP contribution in [-0.2, 0) is 21.4 Å². The Labute approximate surface area is 116 Å². The molecule has 0 amide bonds. The van der Waals surface area contributed by atoms with Gasteiger partial charge in [0.25, 0.3) is 0 Å². The number of aliphatic carboxylic acids is 1. The number of hydrogen-bond donors (Lipinski definition) is 1. The zero-order valence-electron chi connectivity index (χ0n) is 11.1. The van der Waals surface area contributed by atoms with Gasteiger partial charge in [0.05, 0.1) is 28.7 Å². The van der Waals surface area contributed by atoms with Crippen LogP contribution in [-0.4, -0.2) is 47.4 Å². The van der Waals surface area contributed by atoms with Gasteiger partial charge in [0.2, 0.25) is 10.0 Å². The second-order valence-electron chi connectivity index (χ2n) is 4.52. The average molecular weight is 297 g/mol. The van der Waals surface area contributed by atoms with Crippen LogP contribution >= 0.6 is 0 Å². The van der Waals surface area contributed by atoms with Crippen LogP contribution in [0.3, 0.4) is 0 Å². The molecule has 0 unspecified atom stereocenters. The minimum Gasteiger partial charge on any atom is -0.481 e. The third kappa shape index (κ3) is 2.66. The van der Waals surface area contributed by atoms with Crippen LogP contribution in [0, 0.1) is 0 Å². The lowest BCUT2D eigenvalue weighted by atomic mass is 10.3. The lowest BCUT2D eigenvalue weighted by Crippen LogP contribution is -2.22. The fraction of sp³-hybridized carbons (Fsp3) is 0.333. The monoisotopic (exact) mass is 297 g/mol. The maximum Gasteiger partial charge on any atom is 0.305 e. The first kappa shape index (κ1) is 14.5. The SMILES string of the molecule is CN(C)S(=O)(=O)c1ccc2c(c1)ncn2CCC(=O)O. The summed E-state index contributed by atoms with van der Waals surface area (Å²) in [5.74, 6) is -0.890. The maximum atomic E-state index is 12.0. The number of aromatic nitrogens is 2. The van der Waals surface area contributed by atoms with Crippen molar-refractivity contribution in [3.05, 3.63) is 24.5 Å². The number of rotatable bonds is 5. The molecule has 1 aromatic heterocycles. The molecule has 0 aliphatic carbocycles. The van der Waals surface area contributed by atoms with Gasteiger partial charge in [0.1, 0.15) is 0 Å². The zero-order chi connectivity index (χ0) is 14.9. The summed E-state index contributed by atoms with van der Waals surface area (Å²) >= 11 is 0. The lowest BCUT2D eigenvalue weighted by Gasteiger charge is -2.11. The number of carboxylic acids is 1. The minimum atomic E-state index is -3.49. The summed E-state index contributed by atoms with van der Waals surface area (Å²) in [4.78, 5) is 14.9. The van der Waals surface area contributed by atoms with Gasteiger partial charge in [-0.05, 0) is 18.2 Å². The van der Waals surface area contributed by atoms with E-state index < -0.39 is 16.0 Å². The van der Waals surface area contributed by atoms with Crippen molar-refractivity contribution in [3.8, 4) is 0 Å². The zero-order valence-corrected chi connectivity index (χ0v) is 12.0. The molecule has 0 aliphatic rings. The number of carboxylic acid groups (broad SMARTS) is 1. The van der Waals surface area contributed by atoms with Crippen LogP contribution in [0.1, 0.15) is 6.42 Å². The van der Waals surface area contributed by atoms with Gasteiger partial charge < -0.3 is 9.67 Å². The molecule has 0 radical (unpaired) electrons. The number of hydrogen-bond acceptors (Lipinski definition) is 4. The third-order valence-electron chi connectivity index (χ3n) is 2.94. The van der Waals surface area contributed by atoms with Crippen molar-refractivity contribution in [2.75, 3.05) is 14.1 Å². The van der Waals surface area contributed by atoms with E-state index in [4.69, 9.17) is 5.11 Å². The molecule has 0 fully saturated rings. The third-order valence-corrected chi connectivity index (χ3v) is 4.75. The number of carbonyl (C=O) groups is 1. The second kappa shape index (κ2) is 5.22. The molecule has 20 heavy (non-hydrogen) atoms. The van der Waals surface area contributed by atoms with E-state index in [1.54, 1.807) is 10.6 Å². The Balaban J connectivity index is 2.41. The van der Waals surface area contributed by atoms with E-state index in [9.17, 15) is 13.2 Å². The predicted molar refractivity (Wildman–Crippen MR) is 72.9 cm³/mol. The maximum absolute atomic E-state index is 12.0. The summed E-state index contributed by atoms with van der Waals surface area (Å²) in [6, 6.07) is 4.62. The molecule has 2 aromatic rings. The van der Waals surface area contributed by atoms with Gasteiger partial charge >= 0.3 is 5.97 Å². The summed E-state index contributed by atoms with van der Waals surface area (Å²) in [6.45, 7) is 0.297. The minimum absolute atomic E-state index is 0.0107. The lowest BCUT2D eigenvalue weighted by molar-refractivity contribution is -0.137. The van der Waals surface area contributed by atoms with Gasteiger partial charge in [-0.25, -0.2) is 17.7 Å². The Morgan fingerprint density at radius 3 is 2.70 bits per heavy atom. The highest BCUT2D eigenvalue weighted by Crippen LogP contribution is 2.20. The predicted octanol–water partition coefficient (Wildman–Crippen LogP) is 0.761. The highest BCUT2D eigenvalue weighted by Gasteiger charge is 2.18. The van der Waals surface area contributed by atoms with Crippen molar-refractivity contribution in [2.45, 2.75) is 17.9 Å². The Bertz CT molecular complexity index is 749. The number of imidazole rings is 1. The molecule has 0 atom stereocenters. The van der Waals surface area contributed by atoms with E-state index in [-0.39, 0.29) is 11.3 Å². The van der Waals surface area contributed by atoms with Crippen molar-refractivity contribution in [2.24, 2.45) is 0 Å². The fourth-order valence-corrected chi connectivity index (χ4v) is 2.73. The molecule has 2 rings (SSSR count). The molecule has 0 aliphatic heterocycles. The molecule has 0 spiro atoms. The van der Waals surface area contributed by atoms with E-state index in [0.717, 1.165) is 4.31 Å². The molecule has 1 N–H and O–H groups in total. The van der Waals surface area contributed by atoms with Crippen LogP contribution in [0.15, 0.2) is 29.4 Å². The molecule has 108 valence electrons. The number of aryl methyl sites for hydroxylation is 1. The van der Waals surface area contributed by atoms with Crippen molar-refractivity contribution < 1.29 is 18.3 Å². The first-order chi connectivity index (χ1) is 9.32. The van der Waals surface area contributed by atoms with Crippen LogP contribution in [0.25, 0.3) is 11.0 Å². The first-order valence-electron chi connectivity index (χ1n) is 5.91. The first-order valence-corrected chi connectivity index (χ1v) is 7.35. The van der Waals surface area contributed by atoms with E-state index >= 15 is 0 Å². The number of sulfonamides is 1. The summed E-state index contributed by atoms with van der Waals surface area (Å²) < 4.78 is 26.8. The van der Waals surface area contributed by atoms with E-state index in [2.05, 4.69) is 4.98 Å². The summed E-state index contributed by atoms with van der Waals surface area (Å²) in [6.07, 6.45) is 1.50. The number of benzene rings is 1. The van der Waals surface area contributed by atoms with E-state index in [1.807, 2.05) is 0 Å². The van der Waals surface area contributed by atoms with E-state index in [0.29, 0.717) is 17.6 Å². The highest BCUT2D eigenvalue weighted by molar-refractivity contribution is 7.89. The van der Waals surface area contributed by atoms with Crippen molar-refractivity contribution >= 4 is 27.0 Å². The molecule has 0 saturated heterocycles. The summed E-state index contributed by atoms with van der Waals surface area (Å²) in [5, 5.41) is 8.68.